The lowest BCUT2D eigenvalue weighted by Gasteiger charge is -2.23. The highest BCUT2D eigenvalue weighted by atomic mass is 35.5. The van der Waals surface area contributed by atoms with Gasteiger partial charge in [0, 0.05) is 16.7 Å². The van der Waals surface area contributed by atoms with E-state index >= 15 is 0 Å². The molecule has 3 rings (SSSR count). The summed E-state index contributed by atoms with van der Waals surface area (Å²) in [5.41, 5.74) is -1.10. The minimum Gasteiger partial charge on any atom is -0.492 e. The van der Waals surface area contributed by atoms with Crippen LogP contribution in [0.4, 0.5) is 13.6 Å². The zero-order valence-electron chi connectivity index (χ0n) is 13.8. The number of benzene rings is 2. The van der Waals surface area contributed by atoms with Crippen molar-refractivity contribution in [2.75, 3.05) is 13.2 Å². The van der Waals surface area contributed by atoms with E-state index in [9.17, 15) is 18.4 Å². The molecule has 0 aromatic heterocycles. The molecule has 1 aliphatic rings. The van der Waals surface area contributed by atoms with Gasteiger partial charge in [0.25, 0.3) is 5.91 Å². The molecule has 1 N–H and O–H groups in total. The molecule has 3 amide bonds. The summed E-state index contributed by atoms with van der Waals surface area (Å²) in [6.07, 6.45) is 0. The molecule has 1 fully saturated rings. The lowest BCUT2D eigenvalue weighted by molar-refractivity contribution is -0.131. The first-order valence-electron chi connectivity index (χ1n) is 7.79. The number of hydrogen-bond acceptors (Lipinski definition) is 3. The van der Waals surface area contributed by atoms with E-state index in [1.54, 1.807) is 6.07 Å². The monoisotopic (exact) mass is 380 g/mol. The number of hydrogen-bond donors (Lipinski definition) is 1. The maximum absolute atomic E-state index is 13.3. The molecule has 1 saturated heterocycles. The van der Waals surface area contributed by atoms with Crippen LogP contribution >= 0.6 is 11.6 Å². The van der Waals surface area contributed by atoms with Gasteiger partial charge in [0.1, 0.15) is 29.5 Å². The molecule has 0 aliphatic carbocycles. The second-order valence-electron chi connectivity index (χ2n) is 5.94. The van der Waals surface area contributed by atoms with Crippen LogP contribution in [0.15, 0.2) is 42.5 Å². The Balaban J connectivity index is 1.72. The van der Waals surface area contributed by atoms with Gasteiger partial charge in [0.15, 0.2) is 0 Å². The van der Waals surface area contributed by atoms with Crippen LogP contribution in [-0.2, 0) is 10.3 Å². The summed E-state index contributed by atoms with van der Waals surface area (Å²) in [5, 5.41) is 2.62. The van der Waals surface area contributed by atoms with Gasteiger partial charge in [-0.25, -0.2) is 13.6 Å². The van der Waals surface area contributed by atoms with Crippen molar-refractivity contribution >= 4 is 23.5 Å². The zero-order valence-corrected chi connectivity index (χ0v) is 14.5. The molecule has 136 valence electrons. The largest absolute Gasteiger partial charge is 0.492 e. The topological polar surface area (TPSA) is 58.6 Å². The number of halogens is 3. The van der Waals surface area contributed by atoms with Gasteiger partial charge in [0.05, 0.1) is 6.54 Å². The van der Waals surface area contributed by atoms with Crippen LogP contribution in [0.5, 0.6) is 5.75 Å². The molecule has 26 heavy (non-hydrogen) atoms. The minimum atomic E-state index is -1.40. The van der Waals surface area contributed by atoms with Gasteiger partial charge in [-0.3, -0.25) is 9.69 Å². The minimum absolute atomic E-state index is 0.00412. The van der Waals surface area contributed by atoms with Crippen LogP contribution in [0.25, 0.3) is 0 Å². The van der Waals surface area contributed by atoms with Gasteiger partial charge >= 0.3 is 6.03 Å². The second kappa shape index (κ2) is 6.92. The van der Waals surface area contributed by atoms with E-state index in [4.69, 9.17) is 16.3 Å². The van der Waals surface area contributed by atoms with Crippen molar-refractivity contribution in [3.05, 3.63) is 64.7 Å². The van der Waals surface area contributed by atoms with Gasteiger partial charge in [-0.1, -0.05) is 23.7 Å². The van der Waals surface area contributed by atoms with Gasteiger partial charge in [-0.15, -0.1) is 0 Å². The highest BCUT2D eigenvalue weighted by Gasteiger charge is 2.49. The van der Waals surface area contributed by atoms with Gasteiger partial charge in [-0.2, -0.15) is 0 Å². The first kappa shape index (κ1) is 18.1. The lowest BCUT2D eigenvalue weighted by atomic mass is 9.92. The highest BCUT2D eigenvalue weighted by Crippen LogP contribution is 2.33. The van der Waals surface area contributed by atoms with Gasteiger partial charge in [0.2, 0.25) is 0 Å². The highest BCUT2D eigenvalue weighted by molar-refractivity contribution is 6.32. The summed E-state index contributed by atoms with van der Waals surface area (Å²) >= 11 is 6.04. The molecule has 1 atom stereocenters. The summed E-state index contributed by atoms with van der Waals surface area (Å²) in [4.78, 5) is 25.9. The maximum atomic E-state index is 13.3. The average molecular weight is 381 g/mol. The first-order valence-corrected chi connectivity index (χ1v) is 8.17. The van der Waals surface area contributed by atoms with Crippen molar-refractivity contribution in [2.24, 2.45) is 0 Å². The Labute approximate surface area is 153 Å². The number of carbonyl (C=O) groups excluding carboxylic acids is 2. The van der Waals surface area contributed by atoms with Crippen LogP contribution < -0.4 is 10.1 Å². The molecule has 1 heterocycles. The predicted molar refractivity (Wildman–Crippen MR) is 90.9 cm³/mol. The normalized spacial score (nSPS) is 19.6. The van der Waals surface area contributed by atoms with Crippen LogP contribution in [-0.4, -0.2) is 30.0 Å². The van der Waals surface area contributed by atoms with Crippen LogP contribution in [0.3, 0.4) is 0 Å². The standard InChI is InChI=1S/C18H15ClF2N2O3/c1-18(14-6-5-12(21)10-15(14)19)16(24)23(17(25)22-18)7-8-26-13-4-2-3-11(20)9-13/h2-6,9-10H,7-8H2,1H3,(H,22,25). The Hall–Kier alpha value is -2.67. The van der Waals surface area contributed by atoms with Gasteiger partial charge < -0.3 is 10.1 Å². The number of nitrogens with zero attached hydrogens (tertiary/aromatic N) is 1. The number of carbonyl (C=O) groups is 2. The third kappa shape index (κ3) is 3.35. The lowest BCUT2D eigenvalue weighted by Crippen LogP contribution is -2.41. The van der Waals surface area contributed by atoms with E-state index in [-0.39, 0.29) is 18.2 Å². The Kier molecular flexibility index (Phi) is 4.82. The van der Waals surface area contributed by atoms with E-state index in [0.29, 0.717) is 11.3 Å². The second-order valence-corrected chi connectivity index (χ2v) is 6.35. The van der Waals surface area contributed by atoms with Crippen molar-refractivity contribution in [2.45, 2.75) is 12.5 Å². The fraction of sp³-hybridized carbons (Fsp3) is 0.222. The first-order chi connectivity index (χ1) is 12.3. The number of ether oxygens (including phenoxy) is 1. The van der Waals surface area contributed by atoms with E-state index in [0.717, 1.165) is 11.0 Å². The Morgan fingerprint density at radius 3 is 2.58 bits per heavy atom. The molecule has 8 heteroatoms. The van der Waals surface area contributed by atoms with Crippen molar-refractivity contribution in [3.63, 3.8) is 0 Å². The predicted octanol–water partition coefficient (Wildman–Crippen LogP) is 3.46. The number of imide groups is 1. The van der Waals surface area contributed by atoms with Gasteiger partial charge in [-0.05, 0) is 31.2 Å². The summed E-state index contributed by atoms with van der Waals surface area (Å²) in [7, 11) is 0. The SMILES string of the molecule is CC1(c2ccc(F)cc2Cl)NC(=O)N(CCOc2cccc(F)c2)C1=O. The van der Waals surface area contributed by atoms with Crippen molar-refractivity contribution < 1.29 is 23.1 Å². The van der Waals surface area contributed by atoms with E-state index in [2.05, 4.69) is 5.32 Å². The van der Waals surface area contributed by atoms with Crippen molar-refractivity contribution in [3.8, 4) is 5.75 Å². The summed E-state index contributed by atoms with van der Waals surface area (Å²) in [6, 6.07) is 8.54. The quantitative estimate of drug-likeness (QED) is 0.808. The van der Waals surface area contributed by atoms with Crippen LogP contribution in [0, 0.1) is 11.6 Å². The molecular formula is C18H15ClF2N2O3. The van der Waals surface area contributed by atoms with Crippen molar-refractivity contribution in [1.29, 1.82) is 0 Å². The maximum Gasteiger partial charge on any atom is 0.325 e. The molecule has 1 unspecified atom stereocenters. The third-order valence-corrected chi connectivity index (χ3v) is 4.44. The molecular weight excluding hydrogens is 366 g/mol. The number of urea groups is 1. The molecule has 0 spiro atoms. The van der Waals surface area contributed by atoms with Crippen LogP contribution in [0.2, 0.25) is 5.02 Å². The number of rotatable bonds is 5. The van der Waals surface area contributed by atoms with Crippen LogP contribution in [0.1, 0.15) is 12.5 Å². The Morgan fingerprint density at radius 2 is 1.88 bits per heavy atom. The molecule has 5 nitrogen and oxygen atoms in total. The van der Waals surface area contributed by atoms with Crippen molar-refractivity contribution in [1.82, 2.24) is 10.2 Å². The smallest absolute Gasteiger partial charge is 0.325 e. The third-order valence-electron chi connectivity index (χ3n) is 4.12. The average Bonchev–Trinajstić information content (AvgIpc) is 2.78. The van der Waals surface area contributed by atoms with E-state index in [1.807, 2.05) is 0 Å². The summed E-state index contributed by atoms with van der Waals surface area (Å²) in [6.45, 7) is 1.46. The molecule has 2 aromatic rings. The molecule has 0 saturated carbocycles. The molecule has 2 aromatic carbocycles. The Bertz CT molecular complexity index is 877. The zero-order chi connectivity index (χ0) is 18.9. The van der Waals surface area contributed by atoms with E-state index in [1.165, 1.54) is 37.3 Å². The number of nitrogens with one attached hydrogen (secondary N) is 1. The van der Waals surface area contributed by atoms with E-state index < -0.39 is 29.1 Å². The Morgan fingerprint density at radius 1 is 1.15 bits per heavy atom. The molecule has 0 bridgehead atoms. The summed E-state index contributed by atoms with van der Waals surface area (Å²) < 4.78 is 31.8. The fourth-order valence-corrected chi connectivity index (χ4v) is 3.15. The number of amides is 3. The summed E-state index contributed by atoms with van der Waals surface area (Å²) in [5.74, 6) is -1.23. The molecule has 0 radical (unpaired) electrons. The molecule has 1 aliphatic heterocycles. The fourth-order valence-electron chi connectivity index (χ4n) is 2.79.